The first-order valence-electron chi connectivity index (χ1n) is 6.71. The zero-order valence-corrected chi connectivity index (χ0v) is 12.9. The Labute approximate surface area is 125 Å². The number of methoxy groups -OCH3 is 1. The predicted molar refractivity (Wildman–Crippen MR) is 83.1 cm³/mol. The molecule has 0 fully saturated rings. The van der Waals surface area contributed by atoms with Crippen molar-refractivity contribution in [2.75, 3.05) is 19.4 Å². The average molecular weight is 290 g/mol. The Morgan fingerprint density at radius 2 is 2.10 bits per heavy atom. The molecule has 0 aliphatic carbocycles. The number of carbonyl (C=O) groups is 1. The fourth-order valence-corrected chi connectivity index (χ4v) is 1.51. The Morgan fingerprint density at radius 1 is 1.38 bits per heavy atom. The highest BCUT2D eigenvalue weighted by atomic mass is 16.6. The van der Waals surface area contributed by atoms with Crippen molar-refractivity contribution in [2.24, 2.45) is 0 Å². The Balaban J connectivity index is 2.45. The lowest BCUT2D eigenvalue weighted by Crippen LogP contribution is -2.32. The molecule has 0 saturated carbocycles. The molecule has 0 saturated heterocycles. The summed E-state index contributed by atoms with van der Waals surface area (Å²) < 4.78 is 10.3. The highest BCUT2D eigenvalue weighted by molar-refractivity contribution is 5.67. The normalized spacial score (nSPS) is 10.3. The van der Waals surface area contributed by atoms with E-state index in [9.17, 15) is 4.79 Å². The molecule has 0 heterocycles. The smallest absolute Gasteiger partial charge is 0.407 e. The molecule has 5 heteroatoms. The maximum atomic E-state index is 11.4. The van der Waals surface area contributed by atoms with Gasteiger partial charge >= 0.3 is 6.09 Å². The Bertz CT molecular complexity index is 551. The van der Waals surface area contributed by atoms with Crippen LogP contribution in [0, 0.1) is 11.8 Å². The largest absolute Gasteiger partial charge is 0.495 e. The van der Waals surface area contributed by atoms with Crippen LogP contribution < -0.4 is 15.8 Å². The molecule has 0 aliphatic heterocycles. The molecule has 114 valence electrons. The summed E-state index contributed by atoms with van der Waals surface area (Å²) in [6, 6.07) is 5.30. The maximum Gasteiger partial charge on any atom is 0.407 e. The number of anilines is 1. The van der Waals surface area contributed by atoms with E-state index in [1.54, 1.807) is 19.2 Å². The second-order valence-corrected chi connectivity index (χ2v) is 5.44. The highest BCUT2D eigenvalue weighted by Crippen LogP contribution is 2.20. The third kappa shape index (κ3) is 6.57. The molecule has 0 aliphatic rings. The number of ether oxygens (including phenoxy) is 2. The van der Waals surface area contributed by atoms with Crippen molar-refractivity contribution in [3.63, 3.8) is 0 Å². The first-order chi connectivity index (χ1) is 9.81. The van der Waals surface area contributed by atoms with E-state index < -0.39 is 11.7 Å². The maximum absolute atomic E-state index is 11.4. The van der Waals surface area contributed by atoms with Gasteiger partial charge in [0.05, 0.1) is 12.7 Å². The molecule has 1 aromatic rings. The standard InChI is InChI=1S/C16H22N2O3/c1-16(2,3)21-15(19)18-10-6-5-7-12-8-9-13(17)11-14(12)20-4/h8-9,11H,6,10,17H2,1-4H3,(H,18,19). The van der Waals surface area contributed by atoms with Gasteiger partial charge in [0.25, 0.3) is 0 Å². The number of benzene rings is 1. The van der Waals surface area contributed by atoms with Crippen molar-refractivity contribution in [1.29, 1.82) is 0 Å². The first kappa shape index (κ1) is 16.7. The van der Waals surface area contributed by atoms with Gasteiger partial charge in [-0.25, -0.2) is 4.79 Å². The van der Waals surface area contributed by atoms with Gasteiger partial charge in [0.2, 0.25) is 0 Å². The SMILES string of the molecule is COc1cc(N)ccc1C#CCCNC(=O)OC(C)(C)C. The average Bonchev–Trinajstić information content (AvgIpc) is 2.37. The minimum atomic E-state index is -0.493. The molecule has 5 nitrogen and oxygen atoms in total. The minimum Gasteiger partial charge on any atom is -0.495 e. The van der Waals surface area contributed by atoms with Gasteiger partial charge in [-0.05, 0) is 32.9 Å². The molecule has 1 aromatic carbocycles. The van der Waals surface area contributed by atoms with Crippen LogP contribution in [-0.2, 0) is 4.74 Å². The zero-order chi connectivity index (χ0) is 15.9. The van der Waals surface area contributed by atoms with Crippen molar-refractivity contribution >= 4 is 11.8 Å². The lowest BCUT2D eigenvalue weighted by Gasteiger charge is -2.19. The summed E-state index contributed by atoms with van der Waals surface area (Å²) in [6.07, 6.45) is 0.0848. The molecule has 0 aromatic heterocycles. The summed E-state index contributed by atoms with van der Waals surface area (Å²) in [5, 5.41) is 2.65. The van der Waals surface area contributed by atoms with Crippen LogP contribution in [0.1, 0.15) is 32.8 Å². The van der Waals surface area contributed by atoms with E-state index in [1.165, 1.54) is 0 Å². The number of nitrogen functional groups attached to an aromatic ring is 1. The third-order valence-corrected chi connectivity index (χ3v) is 2.37. The number of nitrogens with two attached hydrogens (primary N) is 1. The molecular weight excluding hydrogens is 268 g/mol. The molecule has 0 bridgehead atoms. The van der Waals surface area contributed by atoms with Crippen molar-refractivity contribution in [1.82, 2.24) is 5.32 Å². The van der Waals surface area contributed by atoms with Crippen molar-refractivity contribution in [3.8, 4) is 17.6 Å². The Hall–Kier alpha value is -2.35. The summed E-state index contributed by atoms with van der Waals surface area (Å²) in [6.45, 7) is 5.89. The summed E-state index contributed by atoms with van der Waals surface area (Å²) in [5.74, 6) is 6.60. The van der Waals surface area contributed by atoms with E-state index in [1.807, 2.05) is 26.8 Å². The Morgan fingerprint density at radius 3 is 2.71 bits per heavy atom. The Kier molecular flexibility index (Phi) is 5.92. The van der Waals surface area contributed by atoms with Crippen LogP contribution >= 0.6 is 0 Å². The number of nitrogens with one attached hydrogen (secondary N) is 1. The van der Waals surface area contributed by atoms with E-state index in [0.29, 0.717) is 24.4 Å². The van der Waals surface area contributed by atoms with Crippen LogP contribution in [0.5, 0.6) is 5.75 Å². The number of amides is 1. The molecule has 0 spiro atoms. The molecule has 0 radical (unpaired) electrons. The summed E-state index contributed by atoms with van der Waals surface area (Å²) in [4.78, 5) is 11.4. The van der Waals surface area contributed by atoms with Crippen LogP contribution in [0.4, 0.5) is 10.5 Å². The van der Waals surface area contributed by atoms with Gasteiger partial charge in [0.15, 0.2) is 0 Å². The van der Waals surface area contributed by atoms with Gasteiger partial charge in [-0.3, -0.25) is 0 Å². The van der Waals surface area contributed by atoms with E-state index in [0.717, 1.165) is 5.56 Å². The number of carbonyl (C=O) groups excluding carboxylic acids is 1. The van der Waals surface area contributed by atoms with Crippen LogP contribution in [0.25, 0.3) is 0 Å². The molecule has 21 heavy (non-hydrogen) atoms. The summed E-state index contributed by atoms with van der Waals surface area (Å²) in [7, 11) is 1.57. The van der Waals surface area contributed by atoms with E-state index >= 15 is 0 Å². The van der Waals surface area contributed by atoms with Gasteiger partial charge in [0, 0.05) is 24.7 Å². The summed E-state index contributed by atoms with van der Waals surface area (Å²) in [5.41, 5.74) is 6.58. The highest BCUT2D eigenvalue weighted by Gasteiger charge is 2.15. The minimum absolute atomic E-state index is 0.430. The number of hydrogen-bond acceptors (Lipinski definition) is 4. The second kappa shape index (κ2) is 7.44. The van der Waals surface area contributed by atoms with Crippen molar-refractivity contribution < 1.29 is 14.3 Å². The van der Waals surface area contributed by atoms with Gasteiger partial charge in [-0.1, -0.05) is 11.8 Å². The number of alkyl carbamates (subject to hydrolysis) is 1. The van der Waals surface area contributed by atoms with Crippen LogP contribution in [0.2, 0.25) is 0 Å². The third-order valence-electron chi connectivity index (χ3n) is 2.37. The summed E-state index contributed by atoms with van der Waals surface area (Å²) >= 11 is 0. The first-order valence-corrected chi connectivity index (χ1v) is 6.71. The van der Waals surface area contributed by atoms with Gasteiger partial charge in [0.1, 0.15) is 11.4 Å². The topological polar surface area (TPSA) is 73.6 Å². The quantitative estimate of drug-likeness (QED) is 0.510. The molecule has 0 unspecified atom stereocenters. The van der Waals surface area contributed by atoms with Gasteiger partial charge in [-0.2, -0.15) is 0 Å². The van der Waals surface area contributed by atoms with Crippen LogP contribution in [0.15, 0.2) is 18.2 Å². The lowest BCUT2D eigenvalue weighted by atomic mass is 10.2. The van der Waals surface area contributed by atoms with Crippen LogP contribution in [0.3, 0.4) is 0 Å². The zero-order valence-electron chi connectivity index (χ0n) is 12.9. The molecular formula is C16H22N2O3. The molecule has 3 N–H and O–H groups in total. The van der Waals surface area contributed by atoms with Crippen molar-refractivity contribution in [3.05, 3.63) is 23.8 Å². The van der Waals surface area contributed by atoms with Crippen molar-refractivity contribution in [2.45, 2.75) is 32.8 Å². The van der Waals surface area contributed by atoms with Crippen LogP contribution in [-0.4, -0.2) is 25.3 Å². The van der Waals surface area contributed by atoms with E-state index in [2.05, 4.69) is 17.2 Å². The fourth-order valence-electron chi connectivity index (χ4n) is 1.51. The van der Waals surface area contributed by atoms with Gasteiger partial charge < -0.3 is 20.5 Å². The molecule has 0 atom stereocenters. The monoisotopic (exact) mass is 290 g/mol. The fraction of sp³-hybridized carbons (Fsp3) is 0.438. The molecule has 1 amide bonds. The number of hydrogen-bond donors (Lipinski definition) is 2. The second-order valence-electron chi connectivity index (χ2n) is 5.44. The van der Waals surface area contributed by atoms with E-state index in [-0.39, 0.29) is 0 Å². The van der Waals surface area contributed by atoms with Gasteiger partial charge in [-0.15, -0.1) is 0 Å². The molecule has 1 rings (SSSR count). The lowest BCUT2D eigenvalue weighted by molar-refractivity contribution is 0.0529. The predicted octanol–water partition coefficient (Wildman–Crippen LogP) is 2.54. The number of rotatable bonds is 3. The van der Waals surface area contributed by atoms with E-state index in [4.69, 9.17) is 15.2 Å².